The van der Waals surface area contributed by atoms with Crippen molar-refractivity contribution in [3.63, 3.8) is 0 Å². The lowest BCUT2D eigenvalue weighted by molar-refractivity contribution is 1.13. The second-order valence-corrected chi connectivity index (χ2v) is 8.07. The molecule has 4 rings (SSSR count). The van der Waals surface area contributed by atoms with Gasteiger partial charge in [-0.1, -0.05) is 47.2 Å². The van der Waals surface area contributed by atoms with Gasteiger partial charge in [-0.05, 0) is 49.7 Å². The summed E-state index contributed by atoms with van der Waals surface area (Å²) in [5, 5.41) is 4.82. The minimum Gasteiger partial charge on any atom is -0.324 e. The number of aryl methyl sites for hydroxylation is 2. The van der Waals surface area contributed by atoms with Gasteiger partial charge >= 0.3 is 0 Å². The third kappa shape index (κ3) is 4.23. The van der Waals surface area contributed by atoms with Gasteiger partial charge in [0.1, 0.15) is 0 Å². The van der Waals surface area contributed by atoms with Crippen LogP contribution >= 0.6 is 22.9 Å². The molecule has 146 valence electrons. The molecular weight excluding hydrogens is 402 g/mol. The molecule has 5 nitrogen and oxygen atoms in total. The molecule has 0 unspecified atom stereocenters. The lowest BCUT2D eigenvalue weighted by Crippen LogP contribution is -2.09. The summed E-state index contributed by atoms with van der Waals surface area (Å²) >= 11 is 7.93. The number of nitrogens with one attached hydrogen (secondary N) is 1. The lowest BCUT2D eigenvalue weighted by atomic mass is 10.2. The van der Waals surface area contributed by atoms with Crippen LogP contribution in [0.4, 0.5) is 22.5 Å². The number of halogens is 1. The first kappa shape index (κ1) is 19.4. The minimum atomic E-state index is 0.557. The van der Waals surface area contributed by atoms with Crippen LogP contribution in [-0.2, 0) is 0 Å². The number of hydrogen-bond acceptors (Lipinski definition) is 6. The van der Waals surface area contributed by atoms with Crippen molar-refractivity contribution >= 4 is 45.4 Å². The van der Waals surface area contributed by atoms with Crippen molar-refractivity contribution in [2.75, 3.05) is 17.3 Å². The van der Waals surface area contributed by atoms with Crippen LogP contribution in [0.1, 0.15) is 11.3 Å². The van der Waals surface area contributed by atoms with Gasteiger partial charge in [-0.25, -0.2) is 15.0 Å². The molecule has 0 aliphatic carbocycles. The van der Waals surface area contributed by atoms with Gasteiger partial charge in [-0.15, -0.1) is 0 Å². The van der Waals surface area contributed by atoms with Crippen molar-refractivity contribution < 1.29 is 0 Å². The van der Waals surface area contributed by atoms with E-state index in [0.717, 1.165) is 32.8 Å². The van der Waals surface area contributed by atoms with Crippen LogP contribution in [-0.4, -0.2) is 22.0 Å². The first-order valence-electron chi connectivity index (χ1n) is 9.14. The molecule has 0 atom stereocenters. The van der Waals surface area contributed by atoms with Crippen LogP contribution in [0.2, 0.25) is 5.02 Å². The monoisotopic (exact) mass is 421 g/mol. The zero-order valence-electron chi connectivity index (χ0n) is 16.3. The molecule has 0 saturated heterocycles. The van der Waals surface area contributed by atoms with E-state index >= 15 is 0 Å². The molecule has 0 fully saturated rings. The van der Waals surface area contributed by atoms with Crippen LogP contribution in [0.25, 0.3) is 10.6 Å². The predicted octanol–water partition coefficient (Wildman–Crippen LogP) is 6.38. The Morgan fingerprint density at radius 1 is 1.00 bits per heavy atom. The topological polar surface area (TPSA) is 53.9 Å². The molecule has 29 heavy (non-hydrogen) atoms. The number of hydrogen-bond donors (Lipinski definition) is 1. The molecule has 4 aromatic rings. The molecule has 0 saturated carbocycles. The Balaban J connectivity index is 1.63. The Morgan fingerprint density at radius 3 is 2.62 bits per heavy atom. The summed E-state index contributed by atoms with van der Waals surface area (Å²) in [7, 11) is 1.97. The Labute approximate surface area is 179 Å². The summed E-state index contributed by atoms with van der Waals surface area (Å²) in [5.41, 5.74) is 4.81. The summed E-state index contributed by atoms with van der Waals surface area (Å²) in [6.45, 7) is 4.05. The number of para-hydroxylation sites is 1. The predicted molar refractivity (Wildman–Crippen MR) is 122 cm³/mol. The second-order valence-electron chi connectivity index (χ2n) is 6.68. The fourth-order valence-electron chi connectivity index (χ4n) is 2.99. The van der Waals surface area contributed by atoms with E-state index < -0.39 is 0 Å². The van der Waals surface area contributed by atoms with E-state index in [1.807, 2.05) is 61.3 Å². The highest BCUT2D eigenvalue weighted by Gasteiger charge is 2.17. The Morgan fingerprint density at radius 2 is 1.83 bits per heavy atom. The SMILES string of the molecule is Cc1cccc(Nc2nccc(-c3sc(N(C)c4ccccc4Cl)nc3C)n2)c1. The van der Waals surface area contributed by atoms with E-state index in [4.69, 9.17) is 21.6 Å². The van der Waals surface area contributed by atoms with Gasteiger partial charge in [0, 0.05) is 18.9 Å². The maximum absolute atomic E-state index is 6.35. The largest absolute Gasteiger partial charge is 0.324 e. The molecule has 0 radical (unpaired) electrons. The van der Waals surface area contributed by atoms with Gasteiger partial charge in [0.2, 0.25) is 5.95 Å². The molecule has 1 N–H and O–H groups in total. The number of rotatable bonds is 5. The molecule has 2 aromatic heterocycles. The van der Waals surface area contributed by atoms with E-state index in [1.165, 1.54) is 5.56 Å². The Hall–Kier alpha value is -2.96. The maximum Gasteiger partial charge on any atom is 0.227 e. The van der Waals surface area contributed by atoms with E-state index in [2.05, 4.69) is 29.4 Å². The molecule has 2 heterocycles. The van der Waals surface area contributed by atoms with Gasteiger partial charge in [0.05, 0.1) is 27.0 Å². The number of thiazole rings is 1. The average molecular weight is 422 g/mol. The molecule has 0 amide bonds. The standard InChI is InChI=1S/C22H20ClN5S/c1-14-7-6-8-16(13-14)26-21-24-12-11-18(27-21)20-15(2)25-22(29-20)28(3)19-10-5-4-9-17(19)23/h4-13H,1-3H3,(H,24,26,27). The van der Waals surface area contributed by atoms with E-state index in [0.29, 0.717) is 11.0 Å². The average Bonchev–Trinajstić information content (AvgIpc) is 3.10. The molecule has 0 aliphatic heterocycles. The number of nitrogens with zero attached hydrogens (tertiary/aromatic N) is 4. The van der Waals surface area contributed by atoms with Crippen LogP contribution < -0.4 is 10.2 Å². The van der Waals surface area contributed by atoms with Crippen molar-refractivity contribution in [1.29, 1.82) is 0 Å². The van der Waals surface area contributed by atoms with Crippen molar-refractivity contribution in [2.45, 2.75) is 13.8 Å². The van der Waals surface area contributed by atoms with Gasteiger partial charge in [-0.2, -0.15) is 0 Å². The fraction of sp³-hybridized carbons (Fsp3) is 0.136. The van der Waals surface area contributed by atoms with Crippen LogP contribution in [0.3, 0.4) is 0 Å². The van der Waals surface area contributed by atoms with E-state index in [9.17, 15) is 0 Å². The van der Waals surface area contributed by atoms with Gasteiger partial charge in [0.25, 0.3) is 0 Å². The minimum absolute atomic E-state index is 0.557. The second kappa shape index (κ2) is 8.19. The van der Waals surface area contributed by atoms with Gasteiger partial charge in [-0.3, -0.25) is 0 Å². The summed E-state index contributed by atoms with van der Waals surface area (Å²) in [6, 6.07) is 17.8. The molecule has 7 heteroatoms. The molecule has 0 spiro atoms. The van der Waals surface area contributed by atoms with Crippen LogP contribution in [0.15, 0.2) is 60.8 Å². The number of benzene rings is 2. The molecule has 0 aliphatic rings. The molecule has 2 aromatic carbocycles. The fourth-order valence-corrected chi connectivity index (χ4v) is 4.26. The number of anilines is 4. The highest BCUT2D eigenvalue weighted by Crippen LogP contribution is 2.38. The Bertz CT molecular complexity index is 1160. The highest BCUT2D eigenvalue weighted by atomic mass is 35.5. The van der Waals surface area contributed by atoms with Gasteiger partial charge < -0.3 is 10.2 Å². The summed E-state index contributed by atoms with van der Waals surface area (Å²) in [6.07, 6.45) is 1.76. The smallest absolute Gasteiger partial charge is 0.227 e. The van der Waals surface area contributed by atoms with Crippen LogP contribution in [0.5, 0.6) is 0 Å². The van der Waals surface area contributed by atoms with Crippen molar-refractivity contribution in [3.05, 3.63) is 77.1 Å². The number of aromatic nitrogens is 3. The summed E-state index contributed by atoms with van der Waals surface area (Å²) in [4.78, 5) is 16.8. The normalized spacial score (nSPS) is 10.8. The van der Waals surface area contributed by atoms with Crippen LogP contribution in [0, 0.1) is 13.8 Å². The van der Waals surface area contributed by atoms with Gasteiger partial charge in [0.15, 0.2) is 5.13 Å². The molecule has 0 bridgehead atoms. The Kier molecular flexibility index (Phi) is 5.47. The third-order valence-corrected chi connectivity index (χ3v) is 6.02. The lowest BCUT2D eigenvalue weighted by Gasteiger charge is -2.17. The zero-order chi connectivity index (χ0) is 20.4. The summed E-state index contributed by atoms with van der Waals surface area (Å²) < 4.78 is 0. The van der Waals surface area contributed by atoms with E-state index in [-0.39, 0.29) is 0 Å². The van der Waals surface area contributed by atoms with Crippen molar-refractivity contribution in [2.24, 2.45) is 0 Å². The maximum atomic E-state index is 6.35. The first-order chi connectivity index (χ1) is 14.0. The first-order valence-corrected chi connectivity index (χ1v) is 10.3. The highest BCUT2D eigenvalue weighted by molar-refractivity contribution is 7.19. The van der Waals surface area contributed by atoms with Crippen molar-refractivity contribution in [1.82, 2.24) is 15.0 Å². The summed E-state index contributed by atoms with van der Waals surface area (Å²) in [5.74, 6) is 0.557. The van der Waals surface area contributed by atoms with Crippen molar-refractivity contribution in [3.8, 4) is 10.6 Å². The molecular formula is C22H20ClN5S. The van der Waals surface area contributed by atoms with E-state index in [1.54, 1.807) is 17.5 Å². The third-order valence-electron chi connectivity index (χ3n) is 4.45. The zero-order valence-corrected chi connectivity index (χ0v) is 17.9. The quantitative estimate of drug-likeness (QED) is 0.405.